The third-order valence-electron chi connectivity index (χ3n) is 3.63. The zero-order valence-corrected chi connectivity index (χ0v) is 12.3. The molecule has 0 spiro atoms. The van der Waals surface area contributed by atoms with E-state index in [4.69, 9.17) is 17.3 Å². The Labute approximate surface area is 118 Å². The van der Waals surface area contributed by atoms with Crippen LogP contribution in [0.15, 0.2) is 0 Å². The predicted molar refractivity (Wildman–Crippen MR) is 73.9 cm³/mol. The number of hydrogen-bond donors (Lipinski definition) is 2. The Morgan fingerprint density at radius 1 is 1.32 bits per heavy atom. The third-order valence-corrected chi connectivity index (χ3v) is 6.00. The summed E-state index contributed by atoms with van der Waals surface area (Å²) in [5.41, 5.74) is 5.80. The van der Waals surface area contributed by atoms with Gasteiger partial charge in [-0.15, -0.1) is 11.6 Å². The number of nitrogens with one attached hydrogen (secondary N) is 1. The van der Waals surface area contributed by atoms with Crippen molar-refractivity contribution in [3.8, 4) is 0 Å². The lowest BCUT2D eigenvalue weighted by molar-refractivity contribution is -0.123. The van der Waals surface area contributed by atoms with Gasteiger partial charge in [0.25, 0.3) is 0 Å². The predicted octanol–water partition coefficient (Wildman–Crippen LogP) is -1.07. The smallest absolute Gasteiger partial charge is 0.234 e. The maximum Gasteiger partial charge on any atom is 0.234 e. The molecule has 19 heavy (non-hydrogen) atoms. The Morgan fingerprint density at radius 3 is 2.47 bits per heavy atom. The van der Waals surface area contributed by atoms with Crippen LogP contribution in [0.25, 0.3) is 0 Å². The van der Waals surface area contributed by atoms with Crippen molar-refractivity contribution in [2.45, 2.75) is 30.3 Å². The largest absolute Gasteiger partial charge is 0.350 e. The molecule has 2 unspecified atom stereocenters. The van der Waals surface area contributed by atoms with E-state index in [1.165, 1.54) is 0 Å². The molecule has 2 rings (SSSR count). The van der Waals surface area contributed by atoms with Crippen LogP contribution in [0.4, 0.5) is 0 Å². The number of carbonyl (C=O) groups excluding carboxylic acids is 1. The van der Waals surface area contributed by atoms with Crippen molar-refractivity contribution >= 4 is 27.3 Å². The topological polar surface area (TPSA) is 92.5 Å². The second-order valence-electron chi connectivity index (χ2n) is 5.38. The van der Waals surface area contributed by atoms with Crippen LogP contribution in [0.5, 0.6) is 0 Å². The van der Waals surface area contributed by atoms with Crippen molar-refractivity contribution in [1.82, 2.24) is 10.2 Å². The number of hydrogen-bond acceptors (Lipinski definition) is 5. The van der Waals surface area contributed by atoms with Crippen molar-refractivity contribution in [2.75, 3.05) is 31.1 Å². The number of piperidine rings is 1. The minimum absolute atomic E-state index is 0.0575. The zero-order chi connectivity index (χ0) is 14.0. The molecule has 0 aromatic rings. The van der Waals surface area contributed by atoms with Crippen molar-refractivity contribution < 1.29 is 13.2 Å². The fourth-order valence-corrected chi connectivity index (χ4v) is 5.05. The number of amides is 1. The lowest BCUT2D eigenvalue weighted by Crippen LogP contribution is -2.48. The van der Waals surface area contributed by atoms with Crippen LogP contribution >= 0.6 is 11.6 Å². The Bertz CT molecular complexity index is 434. The lowest BCUT2D eigenvalue weighted by atomic mass is 10.1. The maximum absolute atomic E-state index is 11.9. The van der Waals surface area contributed by atoms with Crippen LogP contribution in [0, 0.1) is 0 Å². The normalized spacial score (nSPS) is 32.3. The van der Waals surface area contributed by atoms with Crippen molar-refractivity contribution in [3.05, 3.63) is 0 Å². The molecule has 0 aromatic heterocycles. The number of nitrogens with two attached hydrogens (primary N) is 1. The summed E-state index contributed by atoms with van der Waals surface area (Å²) in [5, 5.41) is 2.20. The van der Waals surface area contributed by atoms with Crippen LogP contribution in [-0.4, -0.2) is 67.8 Å². The molecule has 1 amide bonds. The van der Waals surface area contributed by atoms with E-state index in [-0.39, 0.29) is 30.0 Å². The molecular weight excluding hydrogens is 290 g/mol. The van der Waals surface area contributed by atoms with E-state index < -0.39 is 21.3 Å². The van der Waals surface area contributed by atoms with Gasteiger partial charge in [0.2, 0.25) is 5.91 Å². The summed E-state index contributed by atoms with van der Waals surface area (Å²) in [6.45, 7) is 1.90. The standard InChI is InChI=1S/C11H20ClN3O3S/c12-9-6-19(17,18)7-10(9)14-11(16)5-15-3-1-8(13)2-4-15/h8-10H,1-7,13H2,(H,14,16). The Hall–Kier alpha value is -0.370. The van der Waals surface area contributed by atoms with E-state index in [0.29, 0.717) is 0 Å². The maximum atomic E-state index is 11.9. The van der Waals surface area contributed by atoms with Crippen LogP contribution in [0.2, 0.25) is 0 Å². The fourth-order valence-electron chi connectivity index (χ4n) is 2.50. The number of nitrogens with zero attached hydrogens (tertiary/aromatic N) is 1. The molecule has 6 nitrogen and oxygen atoms in total. The minimum Gasteiger partial charge on any atom is -0.350 e. The van der Waals surface area contributed by atoms with Gasteiger partial charge in [0.15, 0.2) is 9.84 Å². The Morgan fingerprint density at radius 2 is 1.95 bits per heavy atom. The second kappa shape index (κ2) is 5.95. The summed E-state index contributed by atoms with van der Waals surface area (Å²) in [6.07, 6.45) is 1.78. The van der Waals surface area contributed by atoms with E-state index in [0.717, 1.165) is 25.9 Å². The first-order chi connectivity index (χ1) is 8.85. The highest BCUT2D eigenvalue weighted by Crippen LogP contribution is 2.18. The van der Waals surface area contributed by atoms with Crippen LogP contribution < -0.4 is 11.1 Å². The number of alkyl halides is 1. The number of sulfone groups is 1. The number of rotatable bonds is 3. The SMILES string of the molecule is NC1CCN(CC(=O)NC2CS(=O)(=O)CC2Cl)CC1. The van der Waals surface area contributed by atoms with Crippen LogP contribution in [0.1, 0.15) is 12.8 Å². The summed E-state index contributed by atoms with van der Waals surface area (Å²) >= 11 is 5.94. The van der Waals surface area contributed by atoms with Crippen LogP contribution in [0.3, 0.4) is 0 Å². The van der Waals surface area contributed by atoms with Gasteiger partial charge in [-0.1, -0.05) is 0 Å². The van der Waals surface area contributed by atoms with Gasteiger partial charge in [-0.2, -0.15) is 0 Å². The van der Waals surface area contributed by atoms with Gasteiger partial charge in [-0.05, 0) is 12.8 Å². The summed E-state index contributed by atoms with van der Waals surface area (Å²) in [5.74, 6) is -0.279. The number of halogens is 1. The monoisotopic (exact) mass is 309 g/mol. The van der Waals surface area contributed by atoms with Gasteiger partial charge in [0.05, 0.1) is 29.5 Å². The first-order valence-electron chi connectivity index (χ1n) is 6.47. The fraction of sp³-hybridized carbons (Fsp3) is 0.909. The highest BCUT2D eigenvalue weighted by Gasteiger charge is 2.37. The summed E-state index contributed by atoms with van der Waals surface area (Å²) < 4.78 is 22.8. The summed E-state index contributed by atoms with van der Waals surface area (Å²) in [6, 6.07) is -0.238. The van der Waals surface area contributed by atoms with E-state index >= 15 is 0 Å². The molecule has 2 saturated heterocycles. The molecule has 2 heterocycles. The molecule has 0 aromatic carbocycles. The van der Waals surface area contributed by atoms with Crippen molar-refractivity contribution in [2.24, 2.45) is 5.73 Å². The average molecular weight is 310 g/mol. The van der Waals surface area contributed by atoms with Crippen LogP contribution in [-0.2, 0) is 14.6 Å². The second-order valence-corrected chi connectivity index (χ2v) is 8.09. The molecule has 8 heteroatoms. The highest BCUT2D eigenvalue weighted by molar-refractivity contribution is 7.91. The Balaban J connectivity index is 1.79. The van der Waals surface area contributed by atoms with Crippen molar-refractivity contribution in [1.29, 1.82) is 0 Å². The van der Waals surface area contributed by atoms with Gasteiger partial charge < -0.3 is 11.1 Å². The molecular formula is C11H20ClN3O3S. The Kier molecular flexibility index (Phi) is 4.70. The first kappa shape index (κ1) is 15.0. The van der Waals surface area contributed by atoms with E-state index in [2.05, 4.69) is 5.32 Å². The van der Waals surface area contributed by atoms with Crippen molar-refractivity contribution in [3.63, 3.8) is 0 Å². The highest BCUT2D eigenvalue weighted by atomic mass is 35.5. The molecule has 0 aliphatic carbocycles. The molecule has 0 saturated carbocycles. The number of likely N-dealkylation sites (tertiary alicyclic amines) is 1. The van der Waals surface area contributed by atoms with E-state index in [9.17, 15) is 13.2 Å². The summed E-state index contributed by atoms with van der Waals surface area (Å²) in [4.78, 5) is 13.9. The molecule has 110 valence electrons. The van der Waals surface area contributed by atoms with Gasteiger partial charge in [-0.25, -0.2) is 8.42 Å². The van der Waals surface area contributed by atoms with E-state index in [1.807, 2.05) is 4.90 Å². The molecule has 0 bridgehead atoms. The van der Waals surface area contributed by atoms with Gasteiger partial charge >= 0.3 is 0 Å². The molecule has 2 fully saturated rings. The zero-order valence-electron chi connectivity index (χ0n) is 10.7. The quantitative estimate of drug-likeness (QED) is 0.648. The molecule has 2 aliphatic rings. The van der Waals surface area contributed by atoms with Gasteiger partial charge in [-0.3, -0.25) is 9.69 Å². The lowest BCUT2D eigenvalue weighted by Gasteiger charge is -2.29. The van der Waals surface area contributed by atoms with Gasteiger partial charge in [0.1, 0.15) is 0 Å². The number of carbonyl (C=O) groups is 1. The van der Waals surface area contributed by atoms with E-state index in [1.54, 1.807) is 0 Å². The molecule has 3 N–H and O–H groups in total. The minimum atomic E-state index is -3.11. The first-order valence-corrected chi connectivity index (χ1v) is 8.73. The average Bonchev–Trinajstić information content (AvgIpc) is 2.55. The third kappa shape index (κ3) is 4.30. The molecule has 2 atom stereocenters. The molecule has 2 aliphatic heterocycles. The molecule has 0 radical (unpaired) electrons. The summed E-state index contributed by atoms with van der Waals surface area (Å²) in [7, 11) is -3.11. The van der Waals surface area contributed by atoms with Gasteiger partial charge in [0, 0.05) is 19.1 Å².